The Morgan fingerprint density at radius 2 is 1.96 bits per heavy atom. The highest BCUT2D eigenvalue weighted by Gasteiger charge is 2.16. The van der Waals surface area contributed by atoms with Gasteiger partial charge in [-0.05, 0) is 37.3 Å². The molecule has 0 aliphatic rings. The number of nitrogens with zero attached hydrogens (tertiary/aromatic N) is 2. The van der Waals surface area contributed by atoms with E-state index >= 15 is 0 Å². The van der Waals surface area contributed by atoms with E-state index in [0.29, 0.717) is 10.5 Å². The second-order valence-electron chi connectivity index (χ2n) is 5.27. The Bertz CT molecular complexity index is 1120. The molecule has 9 heteroatoms. The summed E-state index contributed by atoms with van der Waals surface area (Å²) in [6.45, 7) is 1.81. The summed E-state index contributed by atoms with van der Waals surface area (Å²) in [6, 6.07) is 13.0. The monoisotopic (exact) mass is 410 g/mol. The Hall–Kier alpha value is -2.16. The van der Waals surface area contributed by atoms with Crippen LogP contribution in [0.3, 0.4) is 0 Å². The van der Waals surface area contributed by atoms with Crippen molar-refractivity contribution in [2.24, 2.45) is 4.40 Å². The van der Waals surface area contributed by atoms with Crippen LogP contribution in [-0.2, 0) is 26.1 Å². The van der Waals surface area contributed by atoms with Crippen molar-refractivity contribution in [2.45, 2.75) is 18.4 Å². The van der Waals surface area contributed by atoms with E-state index in [-0.39, 0.29) is 22.8 Å². The number of rotatable bonds is 5. The lowest BCUT2D eigenvalue weighted by molar-refractivity contribution is -0.143. The van der Waals surface area contributed by atoms with Crippen LogP contribution in [0.2, 0.25) is 5.02 Å². The predicted octanol–water partition coefficient (Wildman–Crippen LogP) is 3.21. The van der Waals surface area contributed by atoms with Crippen molar-refractivity contribution >= 4 is 49.1 Å². The molecule has 0 N–H and O–H groups in total. The van der Waals surface area contributed by atoms with Crippen LogP contribution in [0, 0.1) is 0 Å². The summed E-state index contributed by atoms with van der Waals surface area (Å²) >= 11 is 7.17. The van der Waals surface area contributed by atoms with Crippen LogP contribution in [-0.4, -0.2) is 25.6 Å². The van der Waals surface area contributed by atoms with Gasteiger partial charge in [0.15, 0.2) is 0 Å². The highest BCUT2D eigenvalue weighted by atomic mass is 35.5. The third-order valence-corrected chi connectivity index (χ3v) is 6.15. The molecule has 26 heavy (non-hydrogen) atoms. The maximum absolute atomic E-state index is 12.6. The summed E-state index contributed by atoms with van der Waals surface area (Å²) in [6.07, 6.45) is 0. The lowest BCUT2D eigenvalue weighted by atomic mass is 10.3. The molecule has 2 aromatic carbocycles. The zero-order chi connectivity index (χ0) is 18.7. The van der Waals surface area contributed by atoms with Crippen LogP contribution >= 0.6 is 22.9 Å². The first-order valence-corrected chi connectivity index (χ1v) is 10.3. The quantitative estimate of drug-likeness (QED) is 0.605. The fraction of sp³-hybridized carbons (Fsp3) is 0.176. The number of ether oxygens (including phenoxy) is 1. The van der Waals surface area contributed by atoms with E-state index in [1.54, 1.807) is 43.3 Å². The van der Waals surface area contributed by atoms with E-state index in [1.165, 1.54) is 16.7 Å². The summed E-state index contributed by atoms with van der Waals surface area (Å²) in [5, 5.41) is 0.513. The van der Waals surface area contributed by atoms with E-state index in [0.717, 1.165) is 16.0 Å². The van der Waals surface area contributed by atoms with Gasteiger partial charge < -0.3 is 9.30 Å². The number of benzene rings is 2. The number of carbonyl (C=O) groups excluding carboxylic acids is 1. The summed E-state index contributed by atoms with van der Waals surface area (Å²) in [4.78, 5) is 12.2. The zero-order valence-corrected chi connectivity index (χ0v) is 16.1. The number of carbonyl (C=O) groups is 1. The molecule has 6 nitrogen and oxygen atoms in total. The van der Waals surface area contributed by atoms with Crippen LogP contribution in [0.5, 0.6) is 0 Å². The fourth-order valence-electron chi connectivity index (χ4n) is 2.35. The van der Waals surface area contributed by atoms with Crippen molar-refractivity contribution in [1.29, 1.82) is 0 Å². The van der Waals surface area contributed by atoms with E-state index in [2.05, 4.69) is 4.40 Å². The van der Waals surface area contributed by atoms with Crippen molar-refractivity contribution in [3.8, 4) is 0 Å². The molecular formula is C17H15ClN2O4S2. The van der Waals surface area contributed by atoms with Crippen molar-refractivity contribution in [3.05, 3.63) is 58.4 Å². The third kappa shape index (κ3) is 3.98. The van der Waals surface area contributed by atoms with Gasteiger partial charge in [-0.25, -0.2) is 0 Å². The van der Waals surface area contributed by atoms with Gasteiger partial charge in [-0.2, -0.15) is 8.42 Å². The molecule has 0 aliphatic carbocycles. The first-order chi connectivity index (χ1) is 12.4. The summed E-state index contributed by atoms with van der Waals surface area (Å²) in [5.41, 5.74) is 0.662. The minimum atomic E-state index is -3.91. The number of thiazole rings is 1. The molecule has 0 atom stereocenters. The van der Waals surface area contributed by atoms with Gasteiger partial charge in [0.1, 0.15) is 6.54 Å². The van der Waals surface area contributed by atoms with Crippen LogP contribution in [0.15, 0.2) is 57.8 Å². The minimum Gasteiger partial charge on any atom is -0.465 e. The van der Waals surface area contributed by atoms with Gasteiger partial charge in [-0.3, -0.25) is 4.79 Å². The van der Waals surface area contributed by atoms with Crippen LogP contribution in [0.25, 0.3) is 10.2 Å². The van der Waals surface area contributed by atoms with Crippen molar-refractivity contribution in [3.63, 3.8) is 0 Å². The summed E-state index contributed by atoms with van der Waals surface area (Å²) in [7, 11) is -3.91. The molecule has 0 saturated heterocycles. The maximum atomic E-state index is 12.6. The molecule has 0 radical (unpaired) electrons. The molecule has 0 fully saturated rings. The highest BCUT2D eigenvalue weighted by molar-refractivity contribution is 7.90. The second kappa shape index (κ2) is 7.61. The number of hydrogen-bond donors (Lipinski definition) is 0. The zero-order valence-electron chi connectivity index (χ0n) is 13.8. The van der Waals surface area contributed by atoms with Gasteiger partial charge in [0, 0.05) is 5.02 Å². The van der Waals surface area contributed by atoms with Crippen molar-refractivity contribution in [1.82, 2.24) is 4.57 Å². The Kier molecular flexibility index (Phi) is 5.45. The standard InChI is InChI=1S/C17H15ClN2O4S2/c1-2-24-16(21)11-20-14-9-8-12(18)10-15(14)25-17(20)19-26(22,23)13-6-4-3-5-7-13/h3-10H,2,11H2,1H3. The Morgan fingerprint density at radius 1 is 1.23 bits per heavy atom. The fourth-order valence-corrected chi connectivity index (χ4v) is 4.88. The molecular weight excluding hydrogens is 396 g/mol. The summed E-state index contributed by atoms with van der Waals surface area (Å²) in [5.74, 6) is -0.472. The smallest absolute Gasteiger partial charge is 0.326 e. The number of sulfonamides is 1. The van der Waals surface area contributed by atoms with Gasteiger partial charge in [0.05, 0.1) is 21.7 Å². The van der Waals surface area contributed by atoms with Crippen molar-refractivity contribution in [2.75, 3.05) is 6.61 Å². The molecule has 3 rings (SSSR count). The van der Waals surface area contributed by atoms with E-state index < -0.39 is 16.0 Å². The second-order valence-corrected chi connectivity index (χ2v) is 8.32. The van der Waals surface area contributed by atoms with Gasteiger partial charge in [-0.15, -0.1) is 4.40 Å². The lowest BCUT2D eigenvalue weighted by Crippen LogP contribution is -2.23. The maximum Gasteiger partial charge on any atom is 0.326 e. The van der Waals surface area contributed by atoms with Crippen LogP contribution in [0.4, 0.5) is 0 Å². The number of esters is 1. The van der Waals surface area contributed by atoms with Crippen LogP contribution < -0.4 is 4.80 Å². The van der Waals surface area contributed by atoms with Crippen LogP contribution in [0.1, 0.15) is 6.92 Å². The molecule has 0 saturated carbocycles. The molecule has 3 aromatic rings. The van der Waals surface area contributed by atoms with Gasteiger partial charge in [0.2, 0.25) is 4.80 Å². The third-order valence-electron chi connectivity index (χ3n) is 3.48. The topological polar surface area (TPSA) is 77.7 Å². The molecule has 1 heterocycles. The summed E-state index contributed by atoms with van der Waals surface area (Å²) < 4.78 is 36.4. The Labute approximate surface area is 159 Å². The van der Waals surface area contributed by atoms with Gasteiger partial charge in [-0.1, -0.05) is 41.1 Å². The Morgan fingerprint density at radius 3 is 2.65 bits per heavy atom. The van der Waals surface area contributed by atoms with Gasteiger partial charge in [0.25, 0.3) is 10.0 Å². The largest absolute Gasteiger partial charge is 0.465 e. The molecule has 0 amide bonds. The molecule has 0 spiro atoms. The number of halogens is 1. The minimum absolute atomic E-state index is 0.0816. The van der Waals surface area contributed by atoms with E-state index in [4.69, 9.17) is 16.3 Å². The molecule has 0 unspecified atom stereocenters. The SMILES string of the molecule is CCOC(=O)Cn1c(=NS(=O)(=O)c2ccccc2)sc2cc(Cl)ccc21. The van der Waals surface area contributed by atoms with Crippen molar-refractivity contribution < 1.29 is 17.9 Å². The van der Waals surface area contributed by atoms with Gasteiger partial charge >= 0.3 is 5.97 Å². The number of fused-ring (bicyclic) bond motifs is 1. The number of hydrogen-bond acceptors (Lipinski definition) is 5. The molecule has 136 valence electrons. The average Bonchev–Trinajstić information content (AvgIpc) is 2.91. The highest BCUT2D eigenvalue weighted by Crippen LogP contribution is 2.22. The molecule has 0 aliphatic heterocycles. The average molecular weight is 411 g/mol. The molecule has 1 aromatic heterocycles. The lowest BCUT2D eigenvalue weighted by Gasteiger charge is -2.05. The normalized spacial score (nSPS) is 12.5. The van der Waals surface area contributed by atoms with E-state index in [9.17, 15) is 13.2 Å². The Balaban J connectivity index is 2.19. The predicted molar refractivity (Wildman–Crippen MR) is 101 cm³/mol. The first-order valence-electron chi connectivity index (χ1n) is 7.71. The van der Waals surface area contributed by atoms with E-state index in [1.807, 2.05) is 0 Å². The number of aromatic nitrogens is 1. The first kappa shape index (κ1) is 18.6. The molecule has 0 bridgehead atoms.